The lowest BCUT2D eigenvalue weighted by molar-refractivity contribution is 0.416. The van der Waals surface area contributed by atoms with Crippen LogP contribution < -0.4 is 0 Å². The van der Waals surface area contributed by atoms with Crippen LogP contribution in [0.1, 0.15) is 39.4 Å². The molecule has 1 N–H and O–H groups in total. The third kappa shape index (κ3) is 1.70. The zero-order chi connectivity index (χ0) is 11.8. The van der Waals surface area contributed by atoms with Gasteiger partial charge in [-0.15, -0.1) is 0 Å². The number of imidazole rings is 1. The maximum absolute atomic E-state index is 13.1. The van der Waals surface area contributed by atoms with Gasteiger partial charge in [0.25, 0.3) is 0 Å². The molecule has 0 radical (unpaired) electrons. The van der Waals surface area contributed by atoms with E-state index in [0.717, 1.165) is 29.7 Å². The normalized spacial score (nSPS) is 12.2. The molecule has 0 bridgehead atoms. The van der Waals surface area contributed by atoms with Gasteiger partial charge in [-0.25, -0.2) is 9.37 Å². The van der Waals surface area contributed by atoms with Crippen LogP contribution in [0.25, 0.3) is 11.0 Å². The first-order chi connectivity index (χ1) is 7.59. The van der Waals surface area contributed by atoms with Crippen molar-refractivity contribution in [3.63, 3.8) is 0 Å². The topological polar surface area (TPSA) is 28.7 Å². The molecule has 0 aliphatic rings. The first-order valence-electron chi connectivity index (χ1n) is 5.75. The molecule has 0 amide bonds. The minimum Gasteiger partial charge on any atom is -0.341 e. The van der Waals surface area contributed by atoms with Gasteiger partial charge in [0.05, 0.1) is 11.0 Å². The molecule has 0 unspecified atom stereocenters. The number of halogens is 1. The van der Waals surface area contributed by atoms with Crippen LogP contribution in [0, 0.1) is 5.82 Å². The molecule has 0 fully saturated rings. The molecular formula is C13H17FN2. The molecule has 0 aliphatic carbocycles. The number of nitrogens with one attached hydrogen (secondary N) is 1. The van der Waals surface area contributed by atoms with Crippen molar-refractivity contribution in [3.05, 3.63) is 29.8 Å². The largest absolute Gasteiger partial charge is 0.341 e. The first-order valence-corrected chi connectivity index (χ1v) is 5.75. The Labute approximate surface area is 94.9 Å². The molecule has 86 valence electrons. The molecule has 1 aromatic heterocycles. The van der Waals surface area contributed by atoms with Gasteiger partial charge in [0.1, 0.15) is 11.6 Å². The lowest BCUT2D eigenvalue weighted by Gasteiger charge is -2.23. The van der Waals surface area contributed by atoms with E-state index in [0.29, 0.717) is 0 Å². The third-order valence-electron chi connectivity index (χ3n) is 3.58. The van der Waals surface area contributed by atoms with E-state index in [2.05, 4.69) is 30.7 Å². The first kappa shape index (κ1) is 11.1. The summed E-state index contributed by atoms with van der Waals surface area (Å²) in [4.78, 5) is 7.77. The van der Waals surface area contributed by atoms with Crippen molar-refractivity contribution in [2.24, 2.45) is 0 Å². The predicted octanol–water partition coefficient (Wildman–Crippen LogP) is 3.78. The van der Waals surface area contributed by atoms with Crippen LogP contribution in [-0.4, -0.2) is 9.97 Å². The molecule has 1 aromatic carbocycles. The Balaban J connectivity index is 2.54. The Morgan fingerprint density at radius 1 is 1.31 bits per heavy atom. The molecule has 2 nitrogen and oxygen atoms in total. The van der Waals surface area contributed by atoms with Gasteiger partial charge in [-0.05, 0) is 31.0 Å². The number of hydrogen-bond acceptors (Lipinski definition) is 1. The summed E-state index contributed by atoms with van der Waals surface area (Å²) in [6, 6.07) is 4.66. The molecule has 0 spiro atoms. The zero-order valence-electron chi connectivity index (χ0n) is 9.97. The van der Waals surface area contributed by atoms with E-state index < -0.39 is 0 Å². The maximum atomic E-state index is 13.1. The number of nitrogens with zero attached hydrogens (tertiary/aromatic N) is 1. The third-order valence-corrected chi connectivity index (χ3v) is 3.58. The summed E-state index contributed by atoms with van der Waals surface area (Å²) in [5, 5.41) is 0. The number of fused-ring (bicyclic) bond motifs is 1. The highest BCUT2D eigenvalue weighted by atomic mass is 19.1. The van der Waals surface area contributed by atoms with Crippen LogP contribution in [0.15, 0.2) is 18.2 Å². The molecule has 2 aromatic rings. The minimum absolute atomic E-state index is 0.0511. The van der Waals surface area contributed by atoms with E-state index in [1.807, 2.05) is 0 Å². The highest BCUT2D eigenvalue weighted by Gasteiger charge is 2.25. The van der Waals surface area contributed by atoms with E-state index in [9.17, 15) is 4.39 Å². The minimum atomic E-state index is -0.225. The number of H-pyrrole nitrogens is 1. The monoisotopic (exact) mass is 220 g/mol. The summed E-state index contributed by atoms with van der Waals surface area (Å²) >= 11 is 0. The number of hydrogen-bond donors (Lipinski definition) is 1. The molecular weight excluding hydrogens is 203 g/mol. The Hall–Kier alpha value is -1.38. The van der Waals surface area contributed by atoms with Gasteiger partial charge in [0, 0.05) is 5.41 Å². The number of aromatic nitrogens is 2. The Morgan fingerprint density at radius 2 is 2.00 bits per heavy atom. The highest BCUT2D eigenvalue weighted by Crippen LogP contribution is 2.30. The molecule has 2 rings (SSSR count). The smallest absolute Gasteiger partial charge is 0.125 e. The van der Waals surface area contributed by atoms with Crippen molar-refractivity contribution in [1.82, 2.24) is 9.97 Å². The molecule has 0 saturated carbocycles. The van der Waals surface area contributed by atoms with Crippen molar-refractivity contribution in [1.29, 1.82) is 0 Å². The maximum Gasteiger partial charge on any atom is 0.125 e. The Bertz CT molecular complexity index is 498. The summed E-state index contributed by atoms with van der Waals surface area (Å²) in [5.41, 5.74) is 1.67. The predicted molar refractivity (Wildman–Crippen MR) is 64.0 cm³/mol. The number of benzene rings is 1. The van der Waals surface area contributed by atoms with Gasteiger partial charge in [-0.3, -0.25) is 0 Å². The van der Waals surface area contributed by atoms with Crippen molar-refractivity contribution in [2.75, 3.05) is 0 Å². The second-order valence-corrected chi connectivity index (χ2v) is 4.51. The van der Waals surface area contributed by atoms with Crippen LogP contribution in [0.3, 0.4) is 0 Å². The summed E-state index contributed by atoms with van der Waals surface area (Å²) in [6.07, 6.45) is 2.04. The van der Waals surface area contributed by atoms with Gasteiger partial charge in [-0.2, -0.15) is 0 Å². The summed E-state index contributed by atoms with van der Waals surface area (Å²) in [6.45, 7) is 6.48. The Morgan fingerprint density at radius 3 is 2.62 bits per heavy atom. The quantitative estimate of drug-likeness (QED) is 0.837. The lowest BCUT2D eigenvalue weighted by Crippen LogP contribution is -2.21. The lowest BCUT2D eigenvalue weighted by atomic mass is 9.84. The number of rotatable bonds is 3. The van der Waals surface area contributed by atoms with Crippen molar-refractivity contribution >= 4 is 11.0 Å². The second kappa shape index (κ2) is 3.89. The summed E-state index contributed by atoms with van der Waals surface area (Å²) in [5.74, 6) is 0.732. The van der Waals surface area contributed by atoms with Crippen molar-refractivity contribution in [3.8, 4) is 0 Å². The molecule has 3 heteroatoms. The van der Waals surface area contributed by atoms with Crippen LogP contribution in [0.2, 0.25) is 0 Å². The summed E-state index contributed by atoms with van der Waals surface area (Å²) in [7, 11) is 0. The van der Waals surface area contributed by atoms with Crippen molar-refractivity contribution < 1.29 is 4.39 Å². The molecule has 1 heterocycles. The van der Waals surface area contributed by atoms with Crippen molar-refractivity contribution in [2.45, 2.75) is 39.0 Å². The standard InChI is InChI=1S/C13H17FN2/c1-4-13(3,5-2)12-15-10-7-6-9(14)8-11(10)16-12/h6-8H,4-5H2,1-3H3,(H,15,16). The average Bonchev–Trinajstić information content (AvgIpc) is 2.71. The Kier molecular flexibility index (Phi) is 2.70. The molecule has 0 aliphatic heterocycles. The van der Waals surface area contributed by atoms with Crippen LogP contribution >= 0.6 is 0 Å². The van der Waals surface area contributed by atoms with E-state index in [4.69, 9.17) is 0 Å². The fourth-order valence-corrected chi connectivity index (χ4v) is 1.85. The van der Waals surface area contributed by atoms with Gasteiger partial charge in [0.15, 0.2) is 0 Å². The van der Waals surface area contributed by atoms with E-state index in [1.165, 1.54) is 12.1 Å². The molecule has 16 heavy (non-hydrogen) atoms. The molecule has 0 saturated heterocycles. The van der Waals surface area contributed by atoms with Crippen LogP contribution in [-0.2, 0) is 5.41 Å². The second-order valence-electron chi connectivity index (χ2n) is 4.51. The van der Waals surface area contributed by atoms with Gasteiger partial charge < -0.3 is 4.98 Å². The van der Waals surface area contributed by atoms with E-state index >= 15 is 0 Å². The fourth-order valence-electron chi connectivity index (χ4n) is 1.85. The van der Waals surface area contributed by atoms with Crippen LogP contribution in [0.4, 0.5) is 4.39 Å². The highest BCUT2D eigenvalue weighted by molar-refractivity contribution is 5.75. The zero-order valence-corrected chi connectivity index (χ0v) is 9.97. The SMILES string of the molecule is CCC(C)(CC)c1nc2ccc(F)cc2[nH]1. The molecule has 0 atom stereocenters. The average molecular weight is 220 g/mol. The summed E-state index contributed by atoms with van der Waals surface area (Å²) < 4.78 is 13.1. The van der Waals surface area contributed by atoms with Gasteiger partial charge in [0.2, 0.25) is 0 Å². The van der Waals surface area contributed by atoms with Gasteiger partial charge in [-0.1, -0.05) is 20.8 Å². The van der Waals surface area contributed by atoms with E-state index in [-0.39, 0.29) is 11.2 Å². The van der Waals surface area contributed by atoms with E-state index in [1.54, 1.807) is 6.07 Å². The van der Waals surface area contributed by atoms with Gasteiger partial charge >= 0.3 is 0 Å². The number of aromatic amines is 1. The fraction of sp³-hybridized carbons (Fsp3) is 0.462. The van der Waals surface area contributed by atoms with Crippen LogP contribution in [0.5, 0.6) is 0 Å².